The van der Waals surface area contributed by atoms with Gasteiger partial charge in [0.2, 0.25) is 5.91 Å². The Morgan fingerprint density at radius 3 is 2.75 bits per heavy atom. The Morgan fingerprint density at radius 1 is 1.07 bits per heavy atom. The summed E-state index contributed by atoms with van der Waals surface area (Å²) in [5.74, 6) is -0.521. The summed E-state index contributed by atoms with van der Waals surface area (Å²) in [5, 5.41) is 6.83. The fourth-order valence-corrected chi connectivity index (χ4v) is 5.94. The van der Waals surface area contributed by atoms with Crippen LogP contribution in [0.4, 0.5) is 0 Å². The number of hydrogen-bond acceptors (Lipinski definition) is 6. The smallest absolute Gasteiger partial charge is 0.273 e. The van der Waals surface area contributed by atoms with Crippen molar-refractivity contribution >= 4 is 45.8 Å². The lowest BCUT2D eigenvalue weighted by atomic mass is 10.00. The number of carbonyl (C=O) groups is 2. The number of thiazole rings is 1. The predicted molar refractivity (Wildman–Crippen MR) is 115 cm³/mol. The third-order valence-corrected chi connectivity index (χ3v) is 7.56. The van der Waals surface area contributed by atoms with Crippen molar-refractivity contribution in [1.82, 2.24) is 15.8 Å². The van der Waals surface area contributed by atoms with Crippen LogP contribution in [-0.4, -0.2) is 16.8 Å². The first-order chi connectivity index (χ1) is 13.7. The van der Waals surface area contributed by atoms with E-state index in [-0.39, 0.29) is 18.2 Å². The zero-order valence-corrected chi connectivity index (χ0v) is 17.8. The Hall–Kier alpha value is -2.03. The zero-order valence-electron chi connectivity index (χ0n) is 15.3. The third-order valence-electron chi connectivity index (χ3n) is 4.70. The molecule has 3 aromatic heterocycles. The highest BCUT2D eigenvalue weighted by Crippen LogP contribution is 2.28. The van der Waals surface area contributed by atoms with Crippen LogP contribution in [-0.2, 0) is 24.1 Å². The summed E-state index contributed by atoms with van der Waals surface area (Å²) in [5.41, 5.74) is 8.13. The maximum Gasteiger partial charge on any atom is 0.279 e. The number of amides is 2. The Labute approximate surface area is 175 Å². The molecule has 8 heteroatoms. The van der Waals surface area contributed by atoms with Crippen molar-refractivity contribution in [2.24, 2.45) is 0 Å². The van der Waals surface area contributed by atoms with Gasteiger partial charge in [0.05, 0.1) is 17.0 Å². The largest absolute Gasteiger partial charge is 0.279 e. The molecule has 2 N–H and O–H groups in total. The van der Waals surface area contributed by atoms with Gasteiger partial charge in [0.15, 0.2) is 0 Å². The fraction of sp³-hybridized carbons (Fsp3) is 0.350. The molecule has 0 bridgehead atoms. The maximum absolute atomic E-state index is 12.4. The Bertz CT molecular complexity index is 934. The molecule has 1 aliphatic carbocycles. The lowest BCUT2D eigenvalue weighted by Gasteiger charge is -2.07. The summed E-state index contributed by atoms with van der Waals surface area (Å²) in [6, 6.07) is 4.00. The van der Waals surface area contributed by atoms with Crippen molar-refractivity contribution in [2.75, 3.05) is 0 Å². The van der Waals surface area contributed by atoms with Crippen molar-refractivity contribution < 1.29 is 9.59 Å². The van der Waals surface area contributed by atoms with Gasteiger partial charge >= 0.3 is 0 Å². The Morgan fingerprint density at radius 2 is 1.93 bits per heavy atom. The molecule has 0 saturated heterocycles. The highest BCUT2D eigenvalue weighted by Gasteiger charge is 2.17. The molecule has 3 aromatic rings. The monoisotopic (exact) mass is 431 g/mol. The summed E-state index contributed by atoms with van der Waals surface area (Å²) in [7, 11) is 0. The first-order valence-corrected chi connectivity index (χ1v) is 12.0. The molecule has 5 nitrogen and oxygen atoms in total. The van der Waals surface area contributed by atoms with Crippen LogP contribution < -0.4 is 10.9 Å². The standard InChI is InChI=1S/C20H21N3O2S3/c24-18(10-15-12-27-20(21-15)14-7-8-26-11-14)22-23-19(25)17-9-13-5-3-1-2-4-6-16(13)28-17/h7-9,11-12H,1-6,10H2,(H,22,24)(H,23,25). The van der Waals surface area contributed by atoms with Gasteiger partial charge in [-0.15, -0.1) is 22.7 Å². The quantitative estimate of drug-likeness (QED) is 0.593. The van der Waals surface area contributed by atoms with E-state index in [1.165, 1.54) is 47.5 Å². The second kappa shape index (κ2) is 8.98. The second-order valence-corrected chi connectivity index (χ2v) is 9.58. The van der Waals surface area contributed by atoms with Gasteiger partial charge in [-0.3, -0.25) is 20.4 Å². The van der Waals surface area contributed by atoms with Gasteiger partial charge < -0.3 is 0 Å². The first kappa shape index (κ1) is 19.3. The van der Waals surface area contributed by atoms with Crippen LogP contribution >= 0.6 is 34.0 Å². The number of aromatic nitrogens is 1. The number of nitrogens with one attached hydrogen (secondary N) is 2. The molecule has 0 atom stereocenters. The van der Waals surface area contributed by atoms with Gasteiger partial charge in [0.1, 0.15) is 5.01 Å². The van der Waals surface area contributed by atoms with Crippen molar-refractivity contribution in [3.63, 3.8) is 0 Å². The van der Waals surface area contributed by atoms with Crippen LogP contribution in [0.1, 0.15) is 51.5 Å². The first-order valence-electron chi connectivity index (χ1n) is 9.37. The summed E-state index contributed by atoms with van der Waals surface area (Å²) < 4.78 is 0. The molecule has 0 aliphatic heterocycles. The molecule has 0 unspecified atom stereocenters. The van der Waals surface area contributed by atoms with Gasteiger partial charge in [-0.2, -0.15) is 11.3 Å². The average molecular weight is 432 g/mol. The van der Waals surface area contributed by atoms with E-state index < -0.39 is 0 Å². The highest BCUT2D eigenvalue weighted by molar-refractivity contribution is 7.14. The summed E-state index contributed by atoms with van der Waals surface area (Å²) in [4.78, 5) is 31.1. The number of carbonyl (C=O) groups excluding carboxylic acids is 2. The van der Waals surface area contributed by atoms with E-state index in [0.29, 0.717) is 10.6 Å². The van der Waals surface area contributed by atoms with Crippen LogP contribution in [0.3, 0.4) is 0 Å². The Balaban J connectivity index is 1.31. The molecule has 0 fully saturated rings. The summed E-state index contributed by atoms with van der Waals surface area (Å²) >= 11 is 4.69. The van der Waals surface area contributed by atoms with E-state index in [1.807, 2.05) is 28.3 Å². The lowest BCUT2D eigenvalue weighted by molar-refractivity contribution is -0.121. The molecule has 0 aromatic carbocycles. The molecule has 4 rings (SSSR count). The van der Waals surface area contributed by atoms with Crippen molar-refractivity contribution in [3.8, 4) is 10.6 Å². The zero-order chi connectivity index (χ0) is 19.3. The van der Waals surface area contributed by atoms with Gasteiger partial charge in [-0.05, 0) is 48.8 Å². The van der Waals surface area contributed by atoms with Crippen LogP contribution in [0.5, 0.6) is 0 Å². The average Bonchev–Trinajstić information content (AvgIpc) is 3.40. The lowest BCUT2D eigenvalue weighted by Crippen LogP contribution is -2.42. The molecule has 28 heavy (non-hydrogen) atoms. The van der Waals surface area contributed by atoms with Crippen LogP contribution in [0.2, 0.25) is 0 Å². The molecule has 3 heterocycles. The SMILES string of the molecule is O=C(Cc1csc(-c2ccsc2)n1)NNC(=O)c1cc2c(s1)CCCCCC2. The van der Waals surface area contributed by atoms with Gasteiger partial charge in [-0.1, -0.05) is 12.8 Å². The molecule has 0 radical (unpaired) electrons. The number of fused-ring (bicyclic) bond motifs is 1. The van der Waals surface area contributed by atoms with E-state index in [0.717, 1.165) is 23.4 Å². The normalized spacial score (nSPS) is 14.0. The molecule has 0 spiro atoms. The van der Waals surface area contributed by atoms with E-state index in [1.54, 1.807) is 22.7 Å². The number of hydrazine groups is 1. The fourth-order valence-electron chi connectivity index (χ4n) is 3.26. The van der Waals surface area contributed by atoms with Crippen LogP contribution in [0.25, 0.3) is 10.6 Å². The van der Waals surface area contributed by atoms with E-state index in [4.69, 9.17) is 0 Å². The molecular weight excluding hydrogens is 410 g/mol. The molecule has 2 amide bonds. The predicted octanol–water partition coefficient (Wildman–Crippen LogP) is 4.60. The third kappa shape index (κ3) is 4.68. The maximum atomic E-state index is 12.4. The van der Waals surface area contributed by atoms with Gasteiger partial charge in [0, 0.05) is 21.2 Å². The topological polar surface area (TPSA) is 71.1 Å². The number of aryl methyl sites for hydroxylation is 2. The van der Waals surface area contributed by atoms with E-state index in [2.05, 4.69) is 15.8 Å². The molecule has 146 valence electrons. The number of rotatable bonds is 4. The summed E-state index contributed by atoms with van der Waals surface area (Å²) in [6.45, 7) is 0. The van der Waals surface area contributed by atoms with Crippen molar-refractivity contribution in [2.45, 2.75) is 44.9 Å². The highest BCUT2D eigenvalue weighted by atomic mass is 32.1. The minimum Gasteiger partial charge on any atom is -0.273 e. The number of hydrogen-bond donors (Lipinski definition) is 2. The van der Waals surface area contributed by atoms with E-state index >= 15 is 0 Å². The molecular formula is C20H21N3O2S3. The van der Waals surface area contributed by atoms with E-state index in [9.17, 15) is 9.59 Å². The Kier molecular flexibility index (Phi) is 6.19. The van der Waals surface area contributed by atoms with Crippen LogP contribution in [0.15, 0.2) is 28.3 Å². The van der Waals surface area contributed by atoms with Crippen molar-refractivity contribution in [1.29, 1.82) is 0 Å². The molecule has 1 aliphatic rings. The minimum absolute atomic E-state index is 0.141. The van der Waals surface area contributed by atoms with Gasteiger partial charge in [0.25, 0.3) is 5.91 Å². The minimum atomic E-state index is -0.273. The van der Waals surface area contributed by atoms with Crippen LogP contribution in [0, 0.1) is 0 Å². The van der Waals surface area contributed by atoms with Crippen molar-refractivity contribution in [3.05, 3.63) is 49.3 Å². The van der Waals surface area contributed by atoms with Gasteiger partial charge in [-0.25, -0.2) is 4.98 Å². The molecule has 0 saturated carbocycles. The number of nitrogens with zero attached hydrogens (tertiary/aromatic N) is 1. The second-order valence-electron chi connectivity index (χ2n) is 6.81. The summed E-state index contributed by atoms with van der Waals surface area (Å²) in [6.07, 6.45) is 7.13. The number of thiophene rings is 2.